The Kier molecular flexibility index (Phi) is 7.41. The second-order valence-electron chi connectivity index (χ2n) is 7.42. The van der Waals surface area contributed by atoms with Crippen LogP contribution in [0.5, 0.6) is 0 Å². The number of esters is 1. The van der Waals surface area contributed by atoms with E-state index in [1.807, 2.05) is 24.3 Å². The topological polar surface area (TPSA) is 116 Å². The van der Waals surface area contributed by atoms with E-state index < -0.39 is 23.7 Å². The Morgan fingerprint density at radius 2 is 1.86 bits per heavy atom. The molecule has 0 radical (unpaired) electrons. The molecule has 0 saturated heterocycles. The first-order valence-electron chi connectivity index (χ1n) is 9.40. The molecule has 1 atom stereocenters. The maximum atomic E-state index is 12.3. The molecule has 0 unspecified atom stereocenters. The fourth-order valence-corrected chi connectivity index (χ4v) is 2.50. The molecular weight excluding hydrogens is 372 g/mol. The summed E-state index contributed by atoms with van der Waals surface area (Å²) < 4.78 is 10.3. The van der Waals surface area contributed by atoms with E-state index in [9.17, 15) is 9.59 Å². The first-order valence-corrected chi connectivity index (χ1v) is 9.40. The molecule has 0 aliphatic heterocycles. The molecule has 2 rings (SSSR count). The normalized spacial score (nSPS) is 12.0. The predicted molar refractivity (Wildman–Crippen MR) is 112 cm³/mol. The number of alkyl carbamates (subject to hydrolysis) is 1. The highest BCUT2D eigenvalue weighted by Crippen LogP contribution is 2.20. The van der Waals surface area contributed by atoms with E-state index in [-0.39, 0.29) is 13.0 Å². The van der Waals surface area contributed by atoms with Crippen LogP contribution in [0.15, 0.2) is 42.6 Å². The van der Waals surface area contributed by atoms with Crippen LogP contribution in [0.2, 0.25) is 0 Å². The Morgan fingerprint density at radius 3 is 2.45 bits per heavy atom. The fraction of sp³-hybridized carbons (Fsp3) is 0.381. The lowest BCUT2D eigenvalue weighted by Crippen LogP contribution is -2.45. The van der Waals surface area contributed by atoms with Crippen molar-refractivity contribution in [2.24, 2.45) is 0 Å². The highest BCUT2D eigenvalue weighted by atomic mass is 16.6. The molecule has 0 fully saturated rings. The van der Waals surface area contributed by atoms with Crippen LogP contribution in [-0.2, 0) is 20.7 Å². The minimum atomic E-state index is -0.852. The van der Waals surface area contributed by atoms with Gasteiger partial charge in [-0.3, -0.25) is 0 Å². The lowest BCUT2D eigenvalue weighted by molar-refractivity contribution is -0.145. The number of carbonyl (C=O) groups is 2. The second kappa shape index (κ2) is 9.77. The Hall–Kier alpha value is -3.29. The highest BCUT2D eigenvalue weighted by Gasteiger charge is 2.25. The smallest absolute Gasteiger partial charge is 0.408 e. The van der Waals surface area contributed by atoms with E-state index in [0.29, 0.717) is 11.5 Å². The summed E-state index contributed by atoms with van der Waals surface area (Å²) >= 11 is 0. The number of carbonyl (C=O) groups excluding carboxylic acids is 2. The molecule has 1 amide bonds. The molecule has 0 bridgehead atoms. The number of nitrogen functional groups attached to an aromatic ring is 1. The molecule has 0 saturated carbocycles. The average Bonchev–Trinajstić information content (AvgIpc) is 2.63. The minimum absolute atomic E-state index is 0.222. The molecule has 1 heterocycles. The number of benzene rings is 1. The minimum Gasteiger partial charge on any atom is -0.464 e. The van der Waals surface area contributed by atoms with Crippen LogP contribution in [0, 0.1) is 0 Å². The van der Waals surface area contributed by atoms with E-state index >= 15 is 0 Å². The number of pyridine rings is 1. The van der Waals surface area contributed by atoms with Gasteiger partial charge in [-0.05, 0) is 57.5 Å². The van der Waals surface area contributed by atoms with Gasteiger partial charge in [0, 0.05) is 18.3 Å². The monoisotopic (exact) mass is 400 g/mol. The van der Waals surface area contributed by atoms with Crippen molar-refractivity contribution in [3.05, 3.63) is 48.2 Å². The molecule has 8 heteroatoms. The molecule has 0 spiro atoms. The van der Waals surface area contributed by atoms with Gasteiger partial charge in [0.05, 0.1) is 12.3 Å². The first-order chi connectivity index (χ1) is 13.7. The summed E-state index contributed by atoms with van der Waals surface area (Å²) in [6.07, 6.45) is 1.25. The Labute approximate surface area is 170 Å². The molecule has 29 heavy (non-hydrogen) atoms. The third-order valence-electron chi connectivity index (χ3n) is 3.76. The quantitative estimate of drug-likeness (QED) is 0.610. The van der Waals surface area contributed by atoms with Crippen LogP contribution in [0.25, 0.3) is 0 Å². The van der Waals surface area contributed by atoms with Gasteiger partial charge in [0.2, 0.25) is 0 Å². The van der Waals surface area contributed by atoms with Gasteiger partial charge in [-0.15, -0.1) is 0 Å². The number of amides is 1. The van der Waals surface area contributed by atoms with E-state index in [1.165, 1.54) is 0 Å². The van der Waals surface area contributed by atoms with Crippen molar-refractivity contribution in [2.75, 3.05) is 17.7 Å². The van der Waals surface area contributed by atoms with E-state index in [1.54, 1.807) is 46.0 Å². The molecule has 2 aromatic rings. The zero-order chi connectivity index (χ0) is 21.4. The van der Waals surface area contributed by atoms with Gasteiger partial charge in [-0.2, -0.15) is 0 Å². The molecule has 0 aliphatic carbocycles. The summed E-state index contributed by atoms with van der Waals surface area (Å²) in [7, 11) is 0. The molecule has 4 N–H and O–H groups in total. The van der Waals surface area contributed by atoms with Gasteiger partial charge in [0.25, 0.3) is 0 Å². The van der Waals surface area contributed by atoms with Crippen molar-refractivity contribution in [3.8, 4) is 0 Å². The Bertz CT molecular complexity index is 831. The zero-order valence-corrected chi connectivity index (χ0v) is 17.2. The number of anilines is 3. The van der Waals surface area contributed by atoms with Crippen molar-refractivity contribution >= 4 is 29.3 Å². The SMILES string of the molecule is CCOC(=O)[C@H](Cc1ccc(Nc2ncccc2N)cc1)NC(=O)OC(C)(C)C. The Balaban J connectivity index is 2.06. The van der Waals surface area contributed by atoms with Crippen LogP contribution in [0.4, 0.5) is 22.0 Å². The van der Waals surface area contributed by atoms with E-state index in [4.69, 9.17) is 15.2 Å². The number of hydrogen-bond acceptors (Lipinski definition) is 7. The molecule has 156 valence electrons. The largest absolute Gasteiger partial charge is 0.464 e. The van der Waals surface area contributed by atoms with E-state index in [2.05, 4.69) is 15.6 Å². The molecule has 0 aliphatic rings. The standard InChI is InChI=1S/C21H28N4O4/c1-5-28-19(26)17(25-20(27)29-21(2,3)4)13-14-8-10-15(11-9-14)24-18-16(22)7-6-12-23-18/h6-12,17H,5,13,22H2,1-4H3,(H,23,24)(H,25,27)/t17-/m0/s1. The lowest BCUT2D eigenvalue weighted by Gasteiger charge is -2.23. The van der Waals surface area contributed by atoms with Crippen molar-refractivity contribution in [1.29, 1.82) is 0 Å². The maximum absolute atomic E-state index is 12.3. The molecule has 1 aromatic carbocycles. The third-order valence-corrected chi connectivity index (χ3v) is 3.76. The van der Waals surface area contributed by atoms with Crippen molar-refractivity contribution in [1.82, 2.24) is 10.3 Å². The third kappa shape index (κ3) is 7.33. The summed E-state index contributed by atoms with van der Waals surface area (Å²) in [6.45, 7) is 7.20. The van der Waals surface area contributed by atoms with Gasteiger partial charge in [-0.25, -0.2) is 14.6 Å². The number of nitrogens with two attached hydrogens (primary N) is 1. The summed E-state index contributed by atoms with van der Waals surface area (Å²) in [5, 5.41) is 5.73. The Morgan fingerprint density at radius 1 is 1.17 bits per heavy atom. The van der Waals surface area contributed by atoms with Crippen LogP contribution < -0.4 is 16.4 Å². The van der Waals surface area contributed by atoms with Gasteiger partial charge in [-0.1, -0.05) is 12.1 Å². The number of rotatable bonds is 7. The van der Waals surface area contributed by atoms with Crippen LogP contribution in [0.1, 0.15) is 33.3 Å². The maximum Gasteiger partial charge on any atom is 0.408 e. The zero-order valence-electron chi connectivity index (χ0n) is 17.2. The number of ether oxygens (including phenoxy) is 2. The van der Waals surface area contributed by atoms with Gasteiger partial charge in [0.1, 0.15) is 11.6 Å². The van der Waals surface area contributed by atoms with Gasteiger partial charge in [0.15, 0.2) is 5.82 Å². The molecule has 1 aromatic heterocycles. The number of nitrogens with one attached hydrogen (secondary N) is 2. The second-order valence-corrected chi connectivity index (χ2v) is 7.42. The summed E-state index contributed by atoms with van der Waals surface area (Å²) in [5.41, 5.74) is 7.41. The van der Waals surface area contributed by atoms with E-state index in [0.717, 1.165) is 11.3 Å². The van der Waals surface area contributed by atoms with Gasteiger partial charge >= 0.3 is 12.1 Å². The highest BCUT2D eigenvalue weighted by molar-refractivity contribution is 5.81. The average molecular weight is 400 g/mol. The summed E-state index contributed by atoms with van der Waals surface area (Å²) in [4.78, 5) is 28.5. The number of hydrogen-bond donors (Lipinski definition) is 3. The van der Waals surface area contributed by atoms with Crippen LogP contribution in [0.3, 0.4) is 0 Å². The predicted octanol–water partition coefficient (Wildman–Crippen LogP) is 3.41. The van der Waals surface area contributed by atoms with Crippen molar-refractivity contribution in [3.63, 3.8) is 0 Å². The van der Waals surface area contributed by atoms with Crippen molar-refractivity contribution < 1.29 is 19.1 Å². The fourth-order valence-electron chi connectivity index (χ4n) is 2.50. The van der Waals surface area contributed by atoms with Crippen LogP contribution in [-0.4, -0.2) is 35.3 Å². The molecule has 8 nitrogen and oxygen atoms in total. The van der Waals surface area contributed by atoms with Crippen LogP contribution >= 0.6 is 0 Å². The lowest BCUT2D eigenvalue weighted by atomic mass is 10.1. The van der Waals surface area contributed by atoms with Gasteiger partial charge < -0.3 is 25.8 Å². The number of aromatic nitrogens is 1. The summed E-state index contributed by atoms with van der Waals surface area (Å²) in [5.74, 6) is 0.0538. The number of nitrogens with zero attached hydrogens (tertiary/aromatic N) is 1. The molecular formula is C21H28N4O4. The van der Waals surface area contributed by atoms with Crippen molar-refractivity contribution in [2.45, 2.75) is 45.8 Å². The summed E-state index contributed by atoms with van der Waals surface area (Å²) in [6, 6.07) is 10.1. The first kappa shape index (κ1) is 22.0.